The number of hydrogen-bond acceptors (Lipinski definition) is 8. The standard InChI is InChI=1S/C19H28N6O3S2/c1-11(2)16-22-23-19(25(16)9-13-7-6-8-28-13)29-10-14(26)21-18-20-12(3)15(30-18)17(27)24(4)5/h11,13H,6-10H2,1-5H3,(H,20,21,26). The highest BCUT2D eigenvalue weighted by molar-refractivity contribution is 7.99. The van der Waals surface area contributed by atoms with Gasteiger partial charge in [-0.3, -0.25) is 9.59 Å². The molecule has 1 N–H and O–H groups in total. The lowest BCUT2D eigenvalue weighted by molar-refractivity contribution is -0.113. The summed E-state index contributed by atoms with van der Waals surface area (Å²) in [6, 6.07) is 0. The van der Waals surface area contributed by atoms with E-state index in [9.17, 15) is 9.59 Å². The first-order valence-electron chi connectivity index (χ1n) is 9.92. The molecule has 2 amide bonds. The third-order valence-corrected chi connectivity index (χ3v) is 6.68. The van der Waals surface area contributed by atoms with Crippen LogP contribution in [0, 0.1) is 6.92 Å². The summed E-state index contributed by atoms with van der Waals surface area (Å²) in [6.45, 7) is 7.41. The van der Waals surface area contributed by atoms with E-state index in [2.05, 4.69) is 38.9 Å². The van der Waals surface area contributed by atoms with Crippen molar-refractivity contribution >= 4 is 40.0 Å². The average molecular weight is 453 g/mol. The van der Waals surface area contributed by atoms with Gasteiger partial charge < -0.3 is 19.5 Å². The van der Waals surface area contributed by atoms with Crippen LogP contribution in [0.3, 0.4) is 0 Å². The molecule has 0 bridgehead atoms. The zero-order valence-corrected chi connectivity index (χ0v) is 19.6. The van der Waals surface area contributed by atoms with Crippen LogP contribution in [0.25, 0.3) is 0 Å². The van der Waals surface area contributed by atoms with Crippen LogP contribution >= 0.6 is 23.1 Å². The lowest BCUT2D eigenvalue weighted by atomic mass is 10.2. The van der Waals surface area contributed by atoms with Gasteiger partial charge in [0.25, 0.3) is 5.91 Å². The first kappa shape index (κ1) is 22.7. The Kier molecular flexibility index (Phi) is 7.48. The maximum absolute atomic E-state index is 12.5. The van der Waals surface area contributed by atoms with Crippen molar-refractivity contribution in [3.8, 4) is 0 Å². The number of aromatic nitrogens is 4. The predicted octanol–water partition coefficient (Wildman–Crippen LogP) is 2.78. The summed E-state index contributed by atoms with van der Waals surface area (Å²) >= 11 is 2.53. The van der Waals surface area contributed by atoms with Gasteiger partial charge in [0.1, 0.15) is 10.7 Å². The van der Waals surface area contributed by atoms with Crippen LogP contribution in [0.1, 0.15) is 53.8 Å². The molecule has 1 saturated heterocycles. The molecule has 1 aliphatic rings. The number of amides is 2. The van der Waals surface area contributed by atoms with Crippen molar-refractivity contribution in [1.29, 1.82) is 0 Å². The third-order valence-electron chi connectivity index (χ3n) is 4.65. The number of ether oxygens (including phenoxy) is 1. The normalized spacial score (nSPS) is 16.3. The number of hydrogen-bond donors (Lipinski definition) is 1. The number of rotatable bonds is 8. The maximum Gasteiger partial charge on any atom is 0.265 e. The molecule has 1 fully saturated rings. The van der Waals surface area contributed by atoms with Gasteiger partial charge >= 0.3 is 0 Å². The minimum absolute atomic E-state index is 0.122. The Morgan fingerprint density at radius 3 is 2.77 bits per heavy atom. The van der Waals surface area contributed by atoms with E-state index in [1.54, 1.807) is 21.0 Å². The van der Waals surface area contributed by atoms with E-state index in [0.29, 0.717) is 27.4 Å². The molecule has 0 saturated carbocycles. The Bertz CT molecular complexity index is 902. The van der Waals surface area contributed by atoms with Crippen molar-refractivity contribution < 1.29 is 14.3 Å². The second kappa shape index (κ2) is 9.88. The van der Waals surface area contributed by atoms with Crippen LogP contribution in [0.5, 0.6) is 0 Å². The molecule has 164 valence electrons. The van der Waals surface area contributed by atoms with E-state index < -0.39 is 0 Å². The van der Waals surface area contributed by atoms with Crippen molar-refractivity contribution in [2.45, 2.75) is 57.3 Å². The van der Waals surface area contributed by atoms with Crippen LogP contribution < -0.4 is 5.32 Å². The molecule has 1 unspecified atom stereocenters. The zero-order valence-electron chi connectivity index (χ0n) is 18.0. The van der Waals surface area contributed by atoms with Gasteiger partial charge in [0.15, 0.2) is 10.3 Å². The Morgan fingerprint density at radius 2 is 2.13 bits per heavy atom. The van der Waals surface area contributed by atoms with Gasteiger partial charge in [0.2, 0.25) is 5.91 Å². The second-order valence-corrected chi connectivity index (χ2v) is 9.65. The number of anilines is 1. The monoisotopic (exact) mass is 452 g/mol. The predicted molar refractivity (Wildman–Crippen MR) is 117 cm³/mol. The number of thioether (sulfide) groups is 1. The molecule has 9 nitrogen and oxygen atoms in total. The fraction of sp³-hybridized carbons (Fsp3) is 0.632. The fourth-order valence-corrected chi connectivity index (χ4v) is 4.89. The van der Waals surface area contributed by atoms with Crippen LogP contribution in [0.15, 0.2) is 5.16 Å². The number of thiazole rings is 1. The number of aryl methyl sites for hydroxylation is 1. The Balaban J connectivity index is 1.63. The molecule has 3 heterocycles. The van der Waals surface area contributed by atoms with E-state index in [0.717, 1.165) is 25.3 Å². The van der Waals surface area contributed by atoms with Gasteiger partial charge in [-0.05, 0) is 19.8 Å². The molecule has 11 heteroatoms. The number of nitrogens with zero attached hydrogens (tertiary/aromatic N) is 5. The van der Waals surface area contributed by atoms with E-state index in [1.807, 2.05) is 0 Å². The quantitative estimate of drug-likeness (QED) is 0.614. The van der Waals surface area contributed by atoms with Gasteiger partial charge in [0.05, 0.1) is 24.1 Å². The first-order chi connectivity index (χ1) is 14.3. The zero-order chi connectivity index (χ0) is 21.8. The van der Waals surface area contributed by atoms with E-state index in [-0.39, 0.29) is 29.6 Å². The van der Waals surface area contributed by atoms with Crippen molar-refractivity contribution in [3.05, 3.63) is 16.4 Å². The Morgan fingerprint density at radius 1 is 1.37 bits per heavy atom. The molecule has 0 aliphatic carbocycles. The fourth-order valence-electron chi connectivity index (χ4n) is 3.13. The van der Waals surface area contributed by atoms with Gasteiger partial charge in [-0.1, -0.05) is 36.9 Å². The van der Waals surface area contributed by atoms with Crippen molar-refractivity contribution in [2.75, 3.05) is 31.8 Å². The summed E-state index contributed by atoms with van der Waals surface area (Å²) in [6.07, 6.45) is 2.26. The van der Waals surface area contributed by atoms with E-state index in [1.165, 1.54) is 28.0 Å². The number of carbonyl (C=O) groups excluding carboxylic acids is 2. The molecule has 3 rings (SSSR count). The molecule has 0 radical (unpaired) electrons. The van der Waals surface area contributed by atoms with Crippen LogP contribution in [0.4, 0.5) is 5.13 Å². The summed E-state index contributed by atoms with van der Waals surface area (Å²) in [5, 5.41) is 12.5. The summed E-state index contributed by atoms with van der Waals surface area (Å²) in [5.74, 6) is 0.986. The highest BCUT2D eigenvalue weighted by atomic mass is 32.2. The molecular formula is C19H28N6O3S2. The Labute approximate surface area is 184 Å². The van der Waals surface area contributed by atoms with Crippen LogP contribution in [0.2, 0.25) is 0 Å². The molecule has 2 aromatic heterocycles. The topological polar surface area (TPSA) is 102 Å². The molecular weight excluding hydrogens is 424 g/mol. The van der Waals surface area contributed by atoms with E-state index >= 15 is 0 Å². The van der Waals surface area contributed by atoms with Gasteiger partial charge in [0, 0.05) is 26.6 Å². The lowest BCUT2D eigenvalue weighted by Gasteiger charge is -2.15. The van der Waals surface area contributed by atoms with Crippen LogP contribution in [-0.2, 0) is 16.1 Å². The minimum Gasteiger partial charge on any atom is -0.376 e. The Hall–Kier alpha value is -1.98. The van der Waals surface area contributed by atoms with Gasteiger partial charge in [-0.2, -0.15) is 0 Å². The van der Waals surface area contributed by atoms with Gasteiger partial charge in [-0.15, -0.1) is 10.2 Å². The molecule has 1 atom stereocenters. The summed E-state index contributed by atoms with van der Waals surface area (Å²) in [4.78, 5) is 31.0. The average Bonchev–Trinajstić information content (AvgIpc) is 3.40. The summed E-state index contributed by atoms with van der Waals surface area (Å²) in [5.41, 5.74) is 0.611. The summed E-state index contributed by atoms with van der Waals surface area (Å²) in [7, 11) is 3.38. The molecule has 1 aliphatic heterocycles. The molecule has 2 aromatic rings. The second-order valence-electron chi connectivity index (χ2n) is 7.71. The smallest absolute Gasteiger partial charge is 0.265 e. The highest BCUT2D eigenvalue weighted by Gasteiger charge is 2.23. The van der Waals surface area contributed by atoms with Crippen molar-refractivity contribution in [1.82, 2.24) is 24.6 Å². The molecule has 0 aromatic carbocycles. The molecule has 0 spiro atoms. The maximum atomic E-state index is 12.5. The van der Waals surface area contributed by atoms with Crippen LogP contribution in [-0.4, -0.2) is 69.0 Å². The number of nitrogens with one attached hydrogen (secondary N) is 1. The number of carbonyl (C=O) groups is 2. The van der Waals surface area contributed by atoms with Gasteiger partial charge in [-0.25, -0.2) is 4.98 Å². The lowest BCUT2D eigenvalue weighted by Crippen LogP contribution is -2.21. The van der Waals surface area contributed by atoms with Crippen molar-refractivity contribution in [3.63, 3.8) is 0 Å². The minimum atomic E-state index is -0.199. The highest BCUT2D eigenvalue weighted by Crippen LogP contribution is 2.26. The van der Waals surface area contributed by atoms with Crippen molar-refractivity contribution in [2.24, 2.45) is 0 Å². The molecule has 30 heavy (non-hydrogen) atoms. The first-order valence-corrected chi connectivity index (χ1v) is 11.7. The van der Waals surface area contributed by atoms with E-state index in [4.69, 9.17) is 4.74 Å². The third kappa shape index (κ3) is 5.38. The SMILES string of the molecule is Cc1nc(NC(=O)CSc2nnc(C(C)C)n2CC2CCCO2)sc1C(=O)N(C)C. The largest absolute Gasteiger partial charge is 0.376 e. The summed E-state index contributed by atoms with van der Waals surface area (Å²) < 4.78 is 7.84.